The Morgan fingerprint density at radius 1 is 1.09 bits per heavy atom. The number of rotatable bonds is 8. The molecular formula is C27H22BrN3O4. The maximum absolute atomic E-state index is 13.1. The van der Waals surface area contributed by atoms with Gasteiger partial charge in [0.25, 0.3) is 5.69 Å². The predicted octanol–water partition coefficient (Wildman–Crippen LogP) is 6.40. The van der Waals surface area contributed by atoms with Crippen molar-refractivity contribution in [3.63, 3.8) is 0 Å². The van der Waals surface area contributed by atoms with E-state index in [9.17, 15) is 14.9 Å². The van der Waals surface area contributed by atoms with Crippen LogP contribution >= 0.6 is 15.9 Å². The molecule has 0 saturated carbocycles. The van der Waals surface area contributed by atoms with Gasteiger partial charge >= 0.3 is 0 Å². The zero-order chi connectivity index (χ0) is 24.8. The van der Waals surface area contributed by atoms with Gasteiger partial charge in [-0.1, -0.05) is 54.6 Å². The van der Waals surface area contributed by atoms with Gasteiger partial charge in [-0.15, -0.1) is 0 Å². The average molecular weight is 532 g/mol. The number of halogens is 1. The molecule has 0 aliphatic heterocycles. The number of benzene rings is 3. The van der Waals surface area contributed by atoms with E-state index >= 15 is 0 Å². The Bertz CT molecular complexity index is 1380. The summed E-state index contributed by atoms with van der Waals surface area (Å²) >= 11 is 3.35. The van der Waals surface area contributed by atoms with Gasteiger partial charge in [0.2, 0.25) is 5.91 Å². The molecule has 4 rings (SSSR count). The molecule has 1 N–H and O–H groups in total. The SMILES string of the molecule is Cc1ccccc1C[C@@H](C(=O)N/N=C\c1ccc(-c2ccc([N+](=O)[O-])cc2Br)o1)c1ccccc1. The molecule has 4 aromatic rings. The Kier molecular flexibility index (Phi) is 7.52. The monoisotopic (exact) mass is 531 g/mol. The van der Waals surface area contributed by atoms with Gasteiger partial charge in [0.15, 0.2) is 0 Å². The van der Waals surface area contributed by atoms with Crippen LogP contribution in [0.4, 0.5) is 5.69 Å². The van der Waals surface area contributed by atoms with E-state index in [1.54, 1.807) is 18.2 Å². The van der Waals surface area contributed by atoms with Crippen molar-refractivity contribution in [3.05, 3.63) is 122 Å². The molecule has 0 radical (unpaired) electrons. The lowest BCUT2D eigenvalue weighted by molar-refractivity contribution is -0.384. The number of hydrazone groups is 1. The topological polar surface area (TPSA) is 97.7 Å². The lowest BCUT2D eigenvalue weighted by Gasteiger charge is -2.17. The molecule has 0 aliphatic rings. The number of carbonyl (C=O) groups is 1. The average Bonchev–Trinajstić information content (AvgIpc) is 3.32. The van der Waals surface area contributed by atoms with Gasteiger partial charge in [0.05, 0.1) is 17.1 Å². The number of nitrogens with one attached hydrogen (secondary N) is 1. The Morgan fingerprint density at radius 2 is 1.83 bits per heavy atom. The van der Waals surface area contributed by atoms with Crippen LogP contribution in [-0.4, -0.2) is 17.0 Å². The number of carbonyl (C=O) groups excluding carboxylic acids is 1. The number of nitrogens with zero attached hydrogens (tertiary/aromatic N) is 2. The van der Waals surface area contributed by atoms with E-state index in [1.165, 1.54) is 18.3 Å². The first-order valence-electron chi connectivity index (χ1n) is 10.9. The largest absolute Gasteiger partial charge is 0.455 e. The summed E-state index contributed by atoms with van der Waals surface area (Å²) in [6, 6.07) is 25.5. The summed E-state index contributed by atoms with van der Waals surface area (Å²) < 4.78 is 6.33. The summed E-state index contributed by atoms with van der Waals surface area (Å²) in [4.78, 5) is 23.6. The normalized spacial score (nSPS) is 11.9. The smallest absolute Gasteiger partial charge is 0.270 e. The molecule has 3 aromatic carbocycles. The minimum Gasteiger partial charge on any atom is -0.455 e. The highest BCUT2D eigenvalue weighted by molar-refractivity contribution is 9.10. The van der Waals surface area contributed by atoms with Gasteiger partial charge in [-0.2, -0.15) is 5.10 Å². The highest BCUT2D eigenvalue weighted by Crippen LogP contribution is 2.32. The van der Waals surface area contributed by atoms with Crippen LogP contribution in [0.1, 0.15) is 28.4 Å². The molecule has 1 atom stereocenters. The molecule has 0 unspecified atom stereocenters. The maximum Gasteiger partial charge on any atom is 0.270 e. The zero-order valence-electron chi connectivity index (χ0n) is 18.9. The van der Waals surface area contributed by atoms with Crippen LogP contribution < -0.4 is 5.43 Å². The van der Waals surface area contributed by atoms with Crippen LogP contribution in [0.2, 0.25) is 0 Å². The molecule has 0 spiro atoms. The first-order chi connectivity index (χ1) is 16.9. The lowest BCUT2D eigenvalue weighted by atomic mass is 9.90. The molecule has 0 fully saturated rings. The fourth-order valence-corrected chi connectivity index (χ4v) is 4.29. The van der Waals surface area contributed by atoms with Gasteiger partial charge in [-0.05, 0) is 64.2 Å². The maximum atomic E-state index is 13.1. The van der Waals surface area contributed by atoms with E-state index in [-0.39, 0.29) is 11.6 Å². The van der Waals surface area contributed by atoms with Crippen molar-refractivity contribution >= 4 is 33.7 Å². The van der Waals surface area contributed by atoms with Crippen LogP contribution in [0, 0.1) is 17.0 Å². The van der Waals surface area contributed by atoms with Crippen LogP contribution in [-0.2, 0) is 11.2 Å². The number of furan rings is 1. The van der Waals surface area contributed by atoms with E-state index in [2.05, 4.69) is 26.5 Å². The third-order valence-electron chi connectivity index (χ3n) is 5.63. The van der Waals surface area contributed by atoms with Gasteiger partial charge in [0, 0.05) is 22.2 Å². The second kappa shape index (κ2) is 10.9. The Balaban J connectivity index is 1.48. The number of nitro benzene ring substituents is 1. The van der Waals surface area contributed by atoms with E-state index in [0.29, 0.717) is 28.0 Å². The molecule has 0 aliphatic carbocycles. The van der Waals surface area contributed by atoms with Gasteiger partial charge in [-0.25, -0.2) is 5.43 Å². The molecule has 1 amide bonds. The lowest BCUT2D eigenvalue weighted by Crippen LogP contribution is -2.27. The van der Waals surface area contributed by atoms with Gasteiger partial charge in [-0.3, -0.25) is 14.9 Å². The molecule has 0 bridgehead atoms. The minimum atomic E-state index is -0.459. The van der Waals surface area contributed by atoms with Crippen LogP contribution in [0.25, 0.3) is 11.3 Å². The Labute approximate surface area is 210 Å². The van der Waals surface area contributed by atoms with E-state index in [4.69, 9.17) is 4.42 Å². The zero-order valence-corrected chi connectivity index (χ0v) is 20.4. The van der Waals surface area contributed by atoms with Crippen molar-refractivity contribution < 1.29 is 14.1 Å². The van der Waals surface area contributed by atoms with Crippen molar-refractivity contribution in [2.24, 2.45) is 5.10 Å². The first-order valence-corrected chi connectivity index (χ1v) is 11.7. The minimum absolute atomic E-state index is 0.0182. The third kappa shape index (κ3) is 5.91. The summed E-state index contributed by atoms with van der Waals surface area (Å²) in [6.07, 6.45) is 1.98. The highest BCUT2D eigenvalue weighted by atomic mass is 79.9. The van der Waals surface area contributed by atoms with Crippen molar-refractivity contribution in [1.82, 2.24) is 5.43 Å². The number of aryl methyl sites for hydroxylation is 1. The molecule has 8 heteroatoms. The predicted molar refractivity (Wildman–Crippen MR) is 138 cm³/mol. The second-order valence-corrected chi connectivity index (χ2v) is 8.81. The van der Waals surface area contributed by atoms with Crippen molar-refractivity contribution in [3.8, 4) is 11.3 Å². The molecule has 176 valence electrons. The summed E-state index contributed by atoms with van der Waals surface area (Å²) in [5, 5.41) is 15.0. The highest BCUT2D eigenvalue weighted by Gasteiger charge is 2.21. The second-order valence-electron chi connectivity index (χ2n) is 7.95. The fourth-order valence-electron chi connectivity index (χ4n) is 3.73. The van der Waals surface area contributed by atoms with Crippen LogP contribution in [0.3, 0.4) is 0 Å². The van der Waals surface area contributed by atoms with Crippen molar-refractivity contribution in [2.75, 3.05) is 0 Å². The molecular weight excluding hydrogens is 510 g/mol. The van der Waals surface area contributed by atoms with E-state index in [1.807, 2.05) is 61.5 Å². The summed E-state index contributed by atoms with van der Waals surface area (Å²) in [6.45, 7) is 2.03. The van der Waals surface area contributed by atoms with Crippen LogP contribution in [0.15, 0.2) is 98.9 Å². The summed E-state index contributed by atoms with van der Waals surface area (Å²) in [7, 11) is 0. The van der Waals surface area contributed by atoms with E-state index in [0.717, 1.165) is 16.7 Å². The molecule has 35 heavy (non-hydrogen) atoms. The van der Waals surface area contributed by atoms with Gasteiger partial charge < -0.3 is 4.42 Å². The van der Waals surface area contributed by atoms with Crippen molar-refractivity contribution in [2.45, 2.75) is 19.3 Å². The molecule has 0 saturated heterocycles. The molecule has 1 aromatic heterocycles. The summed E-state index contributed by atoms with van der Waals surface area (Å²) in [5.41, 5.74) is 6.43. The van der Waals surface area contributed by atoms with Crippen molar-refractivity contribution in [1.29, 1.82) is 0 Å². The number of non-ortho nitro benzene ring substituents is 1. The quantitative estimate of drug-likeness (QED) is 0.161. The number of amides is 1. The van der Waals surface area contributed by atoms with Gasteiger partial charge in [0.1, 0.15) is 11.5 Å². The Hall–Kier alpha value is -4.04. The number of hydrogen-bond acceptors (Lipinski definition) is 5. The molecule has 1 heterocycles. The summed E-state index contributed by atoms with van der Waals surface area (Å²) in [5.74, 6) is 0.320. The Morgan fingerprint density at radius 3 is 2.54 bits per heavy atom. The first kappa shape index (κ1) is 24.1. The van der Waals surface area contributed by atoms with E-state index < -0.39 is 10.8 Å². The fraction of sp³-hybridized carbons (Fsp3) is 0.111. The third-order valence-corrected chi connectivity index (χ3v) is 6.28. The molecule has 7 nitrogen and oxygen atoms in total. The standard InChI is InChI=1S/C27H22BrN3O4/c1-18-7-5-6-10-20(18)15-24(19-8-3-2-4-9-19)27(32)30-29-17-22-12-14-26(35-22)23-13-11-21(31(33)34)16-25(23)28/h2-14,16-17,24H,15H2,1H3,(H,30,32)/b29-17-/t24-/m1/s1. The number of nitro groups is 1. The number of hydrogen-bond donors (Lipinski definition) is 1. The van der Waals surface area contributed by atoms with Crippen LogP contribution in [0.5, 0.6) is 0 Å².